The first-order valence-electron chi connectivity index (χ1n) is 7.98. The molecular formula is C20H18N2OS. The lowest BCUT2D eigenvalue weighted by atomic mass is 10.0. The minimum atomic E-state index is -0.132. The topological polar surface area (TPSA) is 32.3 Å². The molecule has 1 aliphatic heterocycles. The molecule has 120 valence electrons. The summed E-state index contributed by atoms with van der Waals surface area (Å²) in [5.41, 5.74) is 3.98. The van der Waals surface area contributed by atoms with E-state index < -0.39 is 0 Å². The molecule has 0 aliphatic carbocycles. The van der Waals surface area contributed by atoms with Crippen LogP contribution < -0.4 is 5.32 Å². The predicted octanol–water partition coefficient (Wildman–Crippen LogP) is 4.82. The fourth-order valence-electron chi connectivity index (χ4n) is 3.11. The van der Waals surface area contributed by atoms with Gasteiger partial charge in [-0.3, -0.25) is 4.79 Å². The van der Waals surface area contributed by atoms with Crippen LogP contribution in [-0.4, -0.2) is 10.8 Å². The quantitative estimate of drug-likeness (QED) is 0.744. The maximum atomic E-state index is 13.1. The Morgan fingerprint density at radius 1 is 1.04 bits per heavy atom. The van der Waals surface area contributed by atoms with E-state index in [4.69, 9.17) is 0 Å². The normalized spacial score (nSPS) is 16.6. The average molecular weight is 334 g/mol. The molecule has 24 heavy (non-hydrogen) atoms. The van der Waals surface area contributed by atoms with E-state index in [9.17, 15) is 4.79 Å². The Hall–Kier alpha value is -2.59. The van der Waals surface area contributed by atoms with E-state index >= 15 is 0 Å². The predicted molar refractivity (Wildman–Crippen MR) is 98.2 cm³/mol. The molecule has 4 heteroatoms. The van der Waals surface area contributed by atoms with Gasteiger partial charge < -0.3 is 10.2 Å². The standard InChI is InChI=1S/C20H18N2OS/c1-14-11-12-24-18(14)19-21-17-10-6-5-9-16(17)20(23)22(19)13-15-7-3-2-4-8-15/h2-12,19,21H,13H2,1H3/t19-/m0/s1. The smallest absolute Gasteiger partial charge is 0.258 e. The van der Waals surface area contributed by atoms with Gasteiger partial charge in [-0.15, -0.1) is 11.3 Å². The third kappa shape index (κ3) is 2.59. The molecule has 0 unspecified atom stereocenters. The highest BCUT2D eigenvalue weighted by Gasteiger charge is 2.34. The third-order valence-corrected chi connectivity index (χ3v) is 5.44. The summed E-state index contributed by atoms with van der Waals surface area (Å²) >= 11 is 1.69. The minimum absolute atomic E-state index is 0.0750. The molecule has 0 radical (unpaired) electrons. The molecule has 0 spiro atoms. The first-order chi connectivity index (χ1) is 11.7. The zero-order chi connectivity index (χ0) is 16.5. The summed E-state index contributed by atoms with van der Waals surface area (Å²) in [4.78, 5) is 16.2. The lowest BCUT2D eigenvalue weighted by Crippen LogP contribution is -2.42. The molecule has 0 saturated heterocycles. The van der Waals surface area contributed by atoms with Crippen molar-refractivity contribution >= 4 is 22.9 Å². The Balaban J connectivity index is 1.77. The van der Waals surface area contributed by atoms with Crippen LogP contribution in [0.15, 0.2) is 66.0 Å². The monoisotopic (exact) mass is 334 g/mol. The molecule has 2 aromatic carbocycles. The first-order valence-corrected chi connectivity index (χ1v) is 8.86. The maximum Gasteiger partial charge on any atom is 0.258 e. The van der Waals surface area contributed by atoms with Crippen LogP contribution in [0.2, 0.25) is 0 Å². The van der Waals surface area contributed by atoms with E-state index in [2.05, 4.69) is 35.8 Å². The molecule has 1 aliphatic rings. The number of hydrogen-bond donors (Lipinski definition) is 1. The van der Waals surface area contributed by atoms with Crippen LogP contribution >= 0.6 is 11.3 Å². The summed E-state index contributed by atoms with van der Waals surface area (Å²) in [7, 11) is 0. The van der Waals surface area contributed by atoms with Crippen molar-refractivity contribution in [2.45, 2.75) is 19.6 Å². The van der Waals surface area contributed by atoms with Crippen molar-refractivity contribution in [2.75, 3.05) is 5.32 Å². The summed E-state index contributed by atoms with van der Waals surface area (Å²) in [6.07, 6.45) is -0.132. The molecule has 1 aromatic heterocycles. The Morgan fingerprint density at radius 3 is 2.54 bits per heavy atom. The van der Waals surface area contributed by atoms with Crippen LogP contribution in [0, 0.1) is 6.92 Å². The van der Waals surface area contributed by atoms with Crippen molar-refractivity contribution in [2.24, 2.45) is 0 Å². The van der Waals surface area contributed by atoms with Gasteiger partial charge in [-0.1, -0.05) is 42.5 Å². The first kappa shape index (κ1) is 15.0. The van der Waals surface area contributed by atoms with Gasteiger partial charge in [0.25, 0.3) is 5.91 Å². The van der Waals surface area contributed by atoms with Crippen molar-refractivity contribution in [1.29, 1.82) is 0 Å². The second-order valence-electron chi connectivity index (χ2n) is 5.98. The average Bonchev–Trinajstić information content (AvgIpc) is 3.04. The number of amides is 1. The second-order valence-corrected chi connectivity index (χ2v) is 6.93. The summed E-state index contributed by atoms with van der Waals surface area (Å²) < 4.78 is 0. The number of carbonyl (C=O) groups excluding carboxylic acids is 1. The number of fused-ring (bicyclic) bond motifs is 1. The molecule has 2 heterocycles. The summed E-state index contributed by atoms with van der Waals surface area (Å²) in [6.45, 7) is 2.68. The highest BCUT2D eigenvalue weighted by atomic mass is 32.1. The number of nitrogens with one attached hydrogen (secondary N) is 1. The summed E-state index contributed by atoms with van der Waals surface area (Å²) in [5.74, 6) is 0.0750. The number of aryl methyl sites for hydroxylation is 1. The second kappa shape index (κ2) is 6.13. The van der Waals surface area contributed by atoms with Crippen molar-refractivity contribution in [3.8, 4) is 0 Å². The van der Waals surface area contributed by atoms with Gasteiger partial charge in [-0.25, -0.2) is 0 Å². The fourth-order valence-corrected chi connectivity index (χ4v) is 4.10. The van der Waals surface area contributed by atoms with Crippen molar-refractivity contribution < 1.29 is 4.79 Å². The van der Waals surface area contributed by atoms with Crippen LogP contribution in [0.3, 0.4) is 0 Å². The molecule has 4 rings (SSSR count). The number of benzene rings is 2. The zero-order valence-electron chi connectivity index (χ0n) is 13.4. The fraction of sp³-hybridized carbons (Fsp3) is 0.150. The molecule has 0 saturated carbocycles. The molecule has 3 nitrogen and oxygen atoms in total. The van der Waals surface area contributed by atoms with Crippen LogP contribution in [0.4, 0.5) is 5.69 Å². The van der Waals surface area contributed by atoms with Gasteiger partial charge >= 0.3 is 0 Å². The minimum Gasteiger partial charge on any atom is -0.360 e. The molecule has 3 aromatic rings. The Kier molecular flexibility index (Phi) is 3.82. The van der Waals surface area contributed by atoms with Crippen molar-refractivity contribution in [3.63, 3.8) is 0 Å². The Morgan fingerprint density at radius 2 is 1.79 bits per heavy atom. The Bertz CT molecular complexity index is 872. The lowest BCUT2D eigenvalue weighted by molar-refractivity contribution is 0.0669. The SMILES string of the molecule is Cc1ccsc1[C@H]1Nc2ccccc2C(=O)N1Cc1ccccc1. The maximum absolute atomic E-state index is 13.1. The van der Waals surface area contributed by atoms with E-state index in [1.807, 2.05) is 47.4 Å². The highest BCUT2D eigenvalue weighted by Crippen LogP contribution is 2.37. The van der Waals surface area contributed by atoms with Gasteiger partial charge in [0.2, 0.25) is 0 Å². The van der Waals surface area contributed by atoms with Crippen LogP contribution in [0.1, 0.15) is 32.5 Å². The molecule has 1 amide bonds. The van der Waals surface area contributed by atoms with E-state index in [-0.39, 0.29) is 12.1 Å². The summed E-state index contributed by atoms with van der Waals surface area (Å²) in [5, 5.41) is 5.64. The number of nitrogens with zero attached hydrogens (tertiary/aromatic N) is 1. The third-order valence-electron chi connectivity index (χ3n) is 4.37. The molecule has 1 atom stereocenters. The van der Waals surface area contributed by atoms with E-state index in [1.54, 1.807) is 11.3 Å². The van der Waals surface area contributed by atoms with Crippen LogP contribution in [0.25, 0.3) is 0 Å². The molecule has 1 N–H and O–H groups in total. The number of thiophene rings is 1. The van der Waals surface area contributed by atoms with Gasteiger partial charge in [0.05, 0.1) is 10.4 Å². The van der Waals surface area contributed by atoms with Crippen LogP contribution in [0.5, 0.6) is 0 Å². The highest BCUT2D eigenvalue weighted by molar-refractivity contribution is 7.10. The molecule has 0 bridgehead atoms. The van der Waals surface area contributed by atoms with Gasteiger partial charge in [-0.2, -0.15) is 0 Å². The number of anilines is 1. The number of rotatable bonds is 3. The van der Waals surface area contributed by atoms with Gasteiger partial charge in [-0.05, 0) is 41.6 Å². The Labute approximate surface area is 145 Å². The van der Waals surface area contributed by atoms with Crippen molar-refractivity contribution in [3.05, 3.63) is 87.6 Å². The van der Waals surface area contributed by atoms with Gasteiger partial charge in [0.1, 0.15) is 6.17 Å². The van der Waals surface area contributed by atoms with E-state index in [0.717, 1.165) is 16.8 Å². The summed E-state index contributed by atoms with van der Waals surface area (Å²) in [6, 6.07) is 20.0. The number of para-hydroxylation sites is 1. The van der Waals surface area contributed by atoms with Crippen molar-refractivity contribution in [1.82, 2.24) is 4.90 Å². The van der Waals surface area contributed by atoms with E-state index in [0.29, 0.717) is 6.54 Å². The van der Waals surface area contributed by atoms with E-state index in [1.165, 1.54) is 10.4 Å². The number of hydrogen-bond acceptors (Lipinski definition) is 3. The molecule has 0 fully saturated rings. The van der Waals surface area contributed by atoms with Gasteiger partial charge in [0.15, 0.2) is 0 Å². The zero-order valence-corrected chi connectivity index (χ0v) is 14.2. The molecular weight excluding hydrogens is 316 g/mol. The van der Waals surface area contributed by atoms with Gasteiger partial charge in [0, 0.05) is 12.2 Å². The number of carbonyl (C=O) groups is 1. The largest absolute Gasteiger partial charge is 0.360 e. The van der Waals surface area contributed by atoms with Crippen LogP contribution in [-0.2, 0) is 6.54 Å². The lowest BCUT2D eigenvalue weighted by Gasteiger charge is -2.38.